The second-order valence-electron chi connectivity index (χ2n) is 2.87. The van der Waals surface area contributed by atoms with Crippen molar-refractivity contribution in [3.8, 4) is 11.4 Å². The molecule has 0 atom stereocenters. The standard InChI is InChI=1S/C10H9FN2/c1-7-3-2-4-8(11)9(7)10-12-5-6-13-10/h2-6H,1H3,(H,12,13). The number of H-pyrrole nitrogens is 1. The monoisotopic (exact) mass is 176 g/mol. The summed E-state index contributed by atoms with van der Waals surface area (Å²) in [6, 6.07) is 4.99. The summed E-state index contributed by atoms with van der Waals surface area (Å²) in [7, 11) is 0. The molecule has 1 aromatic carbocycles. The topological polar surface area (TPSA) is 28.7 Å². The molecular formula is C10H9FN2. The zero-order chi connectivity index (χ0) is 9.26. The fraction of sp³-hybridized carbons (Fsp3) is 0.100. The summed E-state index contributed by atoms with van der Waals surface area (Å²) in [6.07, 6.45) is 3.29. The Morgan fingerprint density at radius 2 is 2.23 bits per heavy atom. The summed E-state index contributed by atoms with van der Waals surface area (Å²) in [6.45, 7) is 1.86. The lowest BCUT2D eigenvalue weighted by atomic mass is 10.1. The molecule has 13 heavy (non-hydrogen) atoms. The summed E-state index contributed by atoms with van der Waals surface area (Å²) < 4.78 is 13.4. The van der Waals surface area contributed by atoms with Crippen molar-refractivity contribution in [2.75, 3.05) is 0 Å². The summed E-state index contributed by atoms with van der Waals surface area (Å²) in [5.74, 6) is 0.338. The maximum atomic E-state index is 13.4. The van der Waals surface area contributed by atoms with Crippen molar-refractivity contribution in [3.63, 3.8) is 0 Å². The highest BCUT2D eigenvalue weighted by molar-refractivity contribution is 5.60. The van der Waals surface area contributed by atoms with Crippen LogP contribution in [0.1, 0.15) is 5.56 Å². The van der Waals surface area contributed by atoms with Crippen molar-refractivity contribution in [1.29, 1.82) is 0 Å². The zero-order valence-electron chi connectivity index (χ0n) is 7.21. The van der Waals surface area contributed by atoms with E-state index in [2.05, 4.69) is 9.97 Å². The Morgan fingerprint density at radius 3 is 2.85 bits per heavy atom. The molecule has 1 aromatic heterocycles. The summed E-state index contributed by atoms with van der Waals surface area (Å²) in [5, 5.41) is 0. The lowest BCUT2D eigenvalue weighted by Crippen LogP contribution is -1.89. The van der Waals surface area contributed by atoms with Crippen LogP contribution in [0.25, 0.3) is 11.4 Å². The van der Waals surface area contributed by atoms with Gasteiger partial charge in [0.25, 0.3) is 0 Å². The van der Waals surface area contributed by atoms with Crippen LogP contribution in [0.5, 0.6) is 0 Å². The molecule has 0 aliphatic rings. The van der Waals surface area contributed by atoms with Gasteiger partial charge in [0.2, 0.25) is 0 Å². The number of hydrogen-bond donors (Lipinski definition) is 1. The molecule has 0 aliphatic carbocycles. The van der Waals surface area contributed by atoms with E-state index < -0.39 is 0 Å². The number of aromatic nitrogens is 2. The minimum absolute atomic E-state index is 0.241. The Kier molecular flexibility index (Phi) is 1.85. The quantitative estimate of drug-likeness (QED) is 0.710. The van der Waals surface area contributed by atoms with E-state index in [1.807, 2.05) is 13.0 Å². The minimum atomic E-state index is -0.241. The van der Waals surface area contributed by atoms with E-state index in [1.54, 1.807) is 18.5 Å². The van der Waals surface area contributed by atoms with Crippen molar-refractivity contribution in [2.45, 2.75) is 6.92 Å². The van der Waals surface area contributed by atoms with E-state index in [9.17, 15) is 4.39 Å². The molecule has 66 valence electrons. The first kappa shape index (κ1) is 7.98. The smallest absolute Gasteiger partial charge is 0.140 e. The lowest BCUT2D eigenvalue weighted by molar-refractivity contribution is 0.629. The Balaban J connectivity index is 2.64. The number of rotatable bonds is 1. The van der Waals surface area contributed by atoms with Gasteiger partial charge in [0.15, 0.2) is 0 Å². The molecule has 0 spiro atoms. The third-order valence-electron chi connectivity index (χ3n) is 1.96. The van der Waals surface area contributed by atoms with Gasteiger partial charge in [0, 0.05) is 12.4 Å². The Morgan fingerprint density at radius 1 is 1.38 bits per heavy atom. The summed E-state index contributed by atoms with van der Waals surface area (Å²) in [5.41, 5.74) is 1.43. The fourth-order valence-electron chi connectivity index (χ4n) is 1.33. The summed E-state index contributed by atoms with van der Waals surface area (Å²) in [4.78, 5) is 6.90. The van der Waals surface area contributed by atoms with Crippen LogP contribution in [0.15, 0.2) is 30.6 Å². The zero-order valence-corrected chi connectivity index (χ0v) is 7.21. The number of imidazole rings is 1. The summed E-state index contributed by atoms with van der Waals surface area (Å²) >= 11 is 0. The van der Waals surface area contributed by atoms with Gasteiger partial charge in [-0.25, -0.2) is 9.37 Å². The van der Waals surface area contributed by atoms with Gasteiger partial charge in [-0.3, -0.25) is 0 Å². The molecule has 0 saturated carbocycles. The molecule has 0 radical (unpaired) electrons. The molecule has 0 unspecified atom stereocenters. The predicted octanol–water partition coefficient (Wildman–Crippen LogP) is 2.52. The highest BCUT2D eigenvalue weighted by Crippen LogP contribution is 2.22. The van der Waals surface area contributed by atoms with Gasteiger partial charge in [0.1, 0.15) is 11.6 Å². The van der Waals surface area contributed by atoms with Crippen LogP contribution < -0.4 is 0 Å². The number of nitrogens with one attached hydrogen (secondary N) is 1. The van der Waals surface area contributed by atoms with Gasteiger partial charge in [-0.2, -0.15) is 0 Å². The second kappa shape index (κ2) is 3.01. The Labute approximate surface area is 75.4 Å². The van der Waals surface area contributed by atoms with E-state index in [1.165, 1.54) is 6.07 Å². The van der Waals surface area contributed by atoms with Gasteiger partial charge in [-0.05, 0) is 18.6 Å². The largest absolute Gasteiger partial charge is 0.345 e. The number of hydrogen-bond acceptors (Lipinski definition) is 1. The van der Waals surface area contributed by atoms with E-state index in [0.29, 0.717) is 11.4 Å². The van der Waals surface area contributed by atoms with E-state index in [4.69, 9.17) is 0 Å². The maximum absolute atomic E-state index is 13.4. The molecule has 0 bridgehead atoms. The van der Waals surface area contributed by atoms with Gasteiger partial charge < -0.3 is 4.98 Å². The van der Waals surface area contributed by atoms with Gasteiger partial charge in [-0.15, -0.1) is 0 Å². The molecular weight excluding hydrogens is 167 g/mol. The van der Waals surface area contributed by atoms with Crippen LogP contribution >= 0.6 is 0 Å². The molecule has 2 nitrogen and oxygen atoms in total. The predicted molar refractivity (Wildman–Crippen MR) is 48.7 cm³/mol. The van der Waals surface area contributed by atoms with Crippen LogP contribution in [0.4, 0.5) is 4.39 Å². The van der Waals surface area contributed by atoms with Crippen LogP contribution in [0.2, 0.25) is 0 Å². The third kappa shape index (κ3) is 1.33. The van der Waals surface area contributed by atoms with Crippen molar-refractivity contribution in [3.05, 3.63) is 42.0 Å². The van der Waals surface area contributed by atoms with Gasteiger partial charge in [0.05, 0.1) is 5.56 Å². The van der Waals surface area contributed by atoms with E-state index >= 15 is 0 Å². The molecule has 1 N–H and O–H groups in total. The van der Waals surface area contributed by atoms with Crippen molar-refractivity contribution in [1.82, 2.24) is 9.97 Å². The van der Waals surface area contributed by atoms with E-state index in [-0.39, 0.29) is 5.82 Å². The molecule has 0 aliphatic heterocycles. The minimum Gasteiger partial charge on any atom is -0.345 e. The average Bonchev–Trinajstić information content (AvgIpc) is 2.57. The van der Waals surface area contributed by atoms with E-state index in [0.717, 1.165) is 5.56 Å². The highest BCUT2D eigenvalue weighted by atomic mass is 19.1. The normalized spacial score (nSPS) is 10.3. The third-order valence-corrected chi connectivity index (χ3v) is 1.96. The number of halogens is 1. The molecule has 0 saturated heterocycles. The average molecular weight is 176 g/mol. The highest BCUT2D eigenvalue weighted by Gasteiger charge is 2.08. The SMILES string of the molecule is Cc1cccc(F)c1-c1ncc[nH]1. The van der Waals surface area contributed by atoms with Gasteiger partial charge in [-0.1, -0.05) is 12.1 Å². The first-order chi connectivity index (χ1) is 6.29. The number of nitrogens with zero attached hydrogens (tertiary/aromatic N) is 1. The molecule has 0 amide bonds. The van der Waals surface area contributed by atoms with Crippen LogP contribution in [-0.2, 0) is 0 Å². The molecule has 1 heterocycles. The maximum Gasteiger partial charge on any atom is 0.140 e. The number of benzene rings is 1. The van der Waals surface area contributed by atoms with Crippen molar-refractivity contribution < 1.29 is 4.39 Å². The van der Waals surface area contributed by atoms with Crippen molar-refractivity contribution in [2.24, 2.45) is 0 Å². The molecule has 0 fully saturated rings. The van der Waals surface area contributed by atoms with Crippen LogP contribution in [0.3, 0.4) is 0 Å². The molecule has 2 rings (SSSR count). The van der Waals surface area contributed by atoms with Crippen LogP contribution in [0, 0.1) is 12.7 Å². The molecule has 2 aromatic rings. The fourth-order valence-corrected chi connectivity index (χ4v) is 1.33. The molecule has 3 heteroatoms. The first-order valence-corrected chi connectivity index (χ1v) is 4.04. The van der Waals surface area contributed by atoms with Crippen molar-refractivity contribution >= 4 is 0 Å². The number of aromatic amines is 1. The first-order valence-electron chi connectivity index (χ1n) is 4.04. The van der Waals surface area contributed by atoms with Crippen LogP contribution in [-0.4, -0.2) is 9.97 Å². The number of aryl methyl sites for hydroxylation is 1. The Bertz CT molecular complexity index is 387. The van der Waals surface area contributed by atoms with Gasteiger partial charge >= 0.3 is 0 Å². The lowest BCUT2D eigenvalue weighted by Gasteiger charge is -2.02. The Hall–Kier alpha value is -1.64. The second-order valence-corrected chi connectivity index (χ2v) is 2.87.